The smallest absolute Gasteiger partial charge is 0.137 e. The van der Waals surface area contributed by atoms with E-state index in [0.717, 1.165) is 28.1 Å². The van der Waals surface area contributed by atoms with E-state index < -0.39 is 0 Å². The van der Waals surface area contributed by atoms with E-state index in [4.69, 9.17) is 11.6 Å². The number of halogens is 3. The average Bonchev–Trinajstić information content (AvgIpc) is 2.43. The van der Waals surface area contributed by atoms with E-state index in [0.29, 0.717) is 5.88 Å². The van der Waals surface area contributed by atoms with Crippen molar-refractivity contribution in [2.24, 2.45) is 0 Å². The normalized spacial score (nSPS) is 10.5. The lowest BCUT2D eigenvalue weighted by Gasteiger charge is -2.24. The molecule has 0 saturated heterocycles. The summed E-state index contributed by atoms with van der Waals surface area (Å²) in [6.45, 7) is 2.75. The molecule has 0 aliphatic carbocycles. The van der Waals surface area contributed by atoms with Gasteiger partial charge in [0, 0.05) is 28.5 Å². The maximum Gasteiger partial charge on any atom is 0.137 e. The molecule has 0 amide bonds. The van der Waals surface area contributed by atoms with Gasteiger partial charge in [0.1, 0.15) is 11.6 Å². The summed E-state index contributed by atoms with van der Waals surface area (Å²) in [6.07, 6.45) is 1.73. The fourth-order valence-electron chi connectivity index (χ4n) is 1.89. The quantitative estimate of drug-likeness (QED) is 0.736. The Morgan fingerprint density at radius 3 is 2.58 bits per heavy atom. The minimum atomic E-state index is -0.249. The lowest BCUT2D eigenvalue weighted by Crippen LogP contribution is -2.18. The zero-order valence-corrected chi connectivity index (χ0v) is 12.7. The summed E-state index contributed by atoms with van der Waals surface area (Å²) in [4.78, 5) is 6.42. The lowest BCUT2D eigenvalue weighted by atomic mass is 10.2. The second-order valence-corrected chi connectivity index (χ2v) is 5.17. The van der Waals surface area contributed by atoms with Crippen molar-refractivity contribution < 1.29 is 4.39 Å². The van der Waals surface area contributed by atoms with Gasteiger partial charge >= 0.3 is 0 Å². The first kappa shape index (κ1) is 14.3. The summed E-state index contributed by atoms with van der Waals surface area (Å²) in [5.74, 6) is 0.924. The monoisotopic (exact) mass is 342 g/mol. The van der Waals surface area contributed by atoms with E-state index in [-0.39, 0.29) is 5.82 Å². The summed E-state index contributed by atoms with van der Waals surface area (Å²) in [7, 11) is 0. The van der Waals surface area contributed by atoms with Crippen LogP contribution in [0.25, 0.3) is 0 Å². The molecule has 0 unspecified atom stereocenters. The summed E-state index contributed by atoms with van der Waals surface area (Å²) >= 11 is 9.35. The summed E-state index contributed by atoms with van der Waals surface area (Å²) < 4.78 is 13.9. The van der Waals surface area contributed by atoms with Gasteiger partial charge in [-0.2, -0.15) is 0 Å². The molecule has 2 rings (SSSR count). The standard InChI is InChI=1S/C14H13BrClFN2/c1-2-19(13-5-3-12(17)4-6-13)14-10(8-16)7-11(15)9-18-14/h3-7,9H,2,8H2,1H3. The van der Waals surface area contributed by atoms with Crippen LogP contribution < -0.4 is 4.90 Å². The third-order valence-electron chi connectivity index (χ3n) is 2.76. The molecule has 0 fully saturated rings. The van der Waals surface area contributed by atoms with Gasteiger partial charge in [-0.3, -0.25) is 0 Å². The first-order valence-electron chi connectivity index (χ1n) is 5.89. The van der Waals surface area contributed by atoms with E-state index in [1.807, 2.05) is 17.9 Å². The van der Waals surface area contributed by atoms with Gasteiger partial charge in [0.25, 0.3) is 0 Å². The van der Waals surface area contributed by atoms with Gasteiger partial charge < -0.3 is 4.90 Å². The number of hydrogen-bond donors (Lipinski definition) is 0. The van der Waals surface area contributed by atoms with E-state index in [2.05, 4.69) is 20.9 Å². The molecule has 5 heteroatoms. The van der Waals surface area contributed by atoms with E-state index in [1.54, 1.807) is 18.3 Å². The molecule has 0 aliphatic heterocycles. The molecule has 0 spiro atoms. The second kappa shape index (κ2) is 6.35. The zero-order valence-electron chi connectivity index (χ0n) is 10.4. The third-order valence-corrected chi connectivity index (χ3v) is 3.49. The Kier molecular flexibility index (Phi) is 4.77. The van der Waals surface area contributed by atoms with Gasteiger partial charge in [0.15, 0.2) is 0 Å². The Morgan fingerprint density at radius 2 is 2.00 bits per heavy atom. The van der Waals surface area contributed by atoms with E-state index in [1.165, 1.54) is 12.1 Å². The average molecular weight is 344 g/mol. The molecule has 0 aliphatic rings. The van der Waals surface area contributed by atoms with Crippen LogP contribution in [0.4, 0.5) is 15.9 Å². The highest BCUT2D eigenvalue weighted by Gasteiger charge is 2.13. The number of hydrogen-bond acceptors (Lipinski definition) is 2. The van der Waals surface area contributed by atoms with Crippen LogP contribution >= 0.6 is 27.5 Å². The molecular formula is C14H13BrClFN2. The van der Waals surface area contributed by atoms with Crippen LogP contribution in [0.3, 0.4) is 0 Å². The summed E-state index contributed by atoms with van der Waals surface area (Å²) in [6, 6.07) is 8.30. The van der Waals surface area contributed by atoms with Crippen LogP contribution in [0.15, 0.2) is 41.0 Å². The molecule has 2 nitrogen and oxygen atoms in total. The second-order valence-electron chi connectivity index (χ2n) is 3.99. The van der Waals surface area contributed by atoms with E-state index in [9.17, 15) is 4.39 Å². The molecule has 0 radical (unpaired) electrons. The molecule has 19 heavy (non-hydrogen) atoms. The van der Waals surface area contributed by atoms with Crippen LogP contribution in [-0.2, 0) is 5.88 Å². The van der Waals surface area contributed by atoms with Crippen molar-refractivity contribution in [3.8, 4) is 0 Å². The molecule has 0 bridgehead atoms. The number of aromatic nitrogens is 1. The van der Waals surface area contributed by atoms with Crippen molar-refractivity contribution >= 4 is 39.0 Å². The number of benzene rings is 1. The van der Waals surface area contributed by atoms with Crippen molar-refractivity contribution in [1.29, 1.82) is 0 Å². The third kappa shape index (κ3) is 3.25. The fraction of sp³-hybridized carbons (Fsp3) is 0.214. The highest BCUT2D eigenvalue weighted by molar-refractivity contribution is 9.10. The van der Waals surface area contributed by atoms with Gasteiger partial charge in [0.2, 0.25) is 0 Å². The Balaban J connectivity index is 2.44. The first-order valence-corrected chi connectivity index (χ1v) is 7.22. The highest BCUT2D eigenvalue weighted by Crippen LogP contribution is 2.29. The molecule has 1 aromatic carbocycles. The van der Waals surface area contributed by atoms with Crippen LogP contribution in [0.1, 0.15) is 12.5 Å². The van der Waals surface area contributed by atoms with Gasteiger partial charge in [0.05, 0.1) is 5.88 Å². The van der Waals surface area contributed by atoms with Crippen molar-refractivity contribution in [1.82, 2.24) is 4.98 Å². The topological polar surface area (TPSA) is 16.1 Å². The van der Waals surface area contributed by atoms with Crippen molar-refractivity contribution in [2.75, 3.05) is 11.4 Å². The molecule has 1 aromatic heterocycles. The molecule has 1 heterocycles. The molecular weight excluding hydrogens is 331 g/mol. The van der Waals surface area contributed by atoms with E-state index >= 15 is 0 Å². The van der Waals surface area contributed by atoms with Crippen molar-refractivity contribution in [3.05, 3.63) is 52.4 Å². The summed E-state index contributed by atoms with van der Waals surface area (Å²) in [5.41, 5.74) is 1.83. The maximum absolute atomic E-state index is 13.0. The predicted octanol–water partition coefficient (Wildman–Crippen LogP) is 4.88. The van der Waals surface area contributed by atoms with Gasteiger partial charge in [-0.1, -0.05) is 0 Å². The maximum atomic E-state index is 13.0. The largest absolute Gasteiger partial charge is 0.326 e. The molecule has 0 saturated carbocycles. The van der Waals surface area contributed by atoms with Crippen LogP contribution in [0.2, 0.25) is 0 Å². The summed E-state index contributed by atoms with van der Waals surface area (Å²) in [5, 5.41) is 0. The Hall–Kier alpha value is -1.13. The number of anilines is 2. The fourth-order valence-corrected chi connectivity index (χ4v) is 2.47. The number of rotatable bonds is 4. The number of nitrogens with zero attached hydrogens (tertiary/aromatic N) is 2. The zero-order chi connectivity index (χ0) is 13.8. The van der Waals surface area contributed by atoms with Crippen LogP contribution in [-0.4, -0.2) is 11.5 Å². The minimum Gasteiger partial charge on any atom is -0.326 e. The Bertz CT molecular complexity index is 560. The van der Waals surface area contributed by atoms with Crippen molar-refractivity contribution in [2.45, 2.75) is 12.8 Å². The minimum absolute atomic E-state index is 0.249. The predicted molar refractivity (Wildman–Crippen MR) is 80.6 cm³/mol. The lowest BCUT2D eigenvalue weighted by molar-refractivity contribution is 0.628. The van der Waals surface area contributed by atoms with Gasteiger partial charge in [-0.15, -0.1) is 11.6 Å². The Morgan fingerprint density at radius 1 is 1.32 bits per heavy atom. The molecule has 0 N–H and O–H groups in total. The van der Waals surface area contributed by atoms with Crippen molar-refractivity contribution in [3.63, 3.8) is 0 Å². The number of pyridine rings is 1. The SMILES string of the molecule is CCN(c1ccc(F)cc1)c1ncc(Br)cc1CCl. The number of alkyl halides is 1. The molecule has 2 aromatic rings. The highest BCUT2D eigenvalue weighted by atomic mass is 79.9. The Labute approximate surface area is 125 Å². The van der Waals surface area contributed by atoms with Crippen LogP contribution in [0, 0.1) is 5.82 Å². The van der Waals surface area contributed by atoms with Crippen LogP contribution in [0.5, 0.6) is 0 Å². The molecule has 0 atom stereocenters. The molecule has 100 valence electrons. The van der Waals surface area contributed by atoms with Gasteiger partial charge in [-0.05, 0) is 53.2 Å². The first-order chi connectivity index (χ1) is 9.15. The van der Waals surface area contributed by atoms with Gasteiger partial charge in [-0.25, -0.2) is 9.37 Å².